The molecule has 0 radical (unpaired) electrons. The molecule has 3 fully saturated rings. The minimum Gasteiger partial charge on any atom is -0.496 e. The summed E-state index contributed by atoms with van der Waals surface area (Å²) in [5, 5.41) is 10.1. The van der Waals surface area contributed by atoms with Gasteiger partial charge in [-0.15, -0.1) is 0 Å². The van der Waals surface area contributed by atoms with Crippen molar-refractivity contribution in [3.05, 3.63) is 41.6 Å². The van der Waals surface area contributed by atoms with Gasteiger partial charge < -0.3 is 35.7 Å². The largest absolute Gasteiger partial charge is 0.496 e. The van der Waals surface area contributed by atoms with Crippen LogP contribution in [0.15, 0.2) is 30.5 Å². The van der Waals surface area contributed by atoms with Crippen molar-refractivity contribution in [2.75, 3.05) is 37.8 Å². The summed E-state index contributed by atoms with van der Waals surface area (Å²) in [6.45, 7) is 11.8. The van der Waals surface area contributed by atoms with Gasteiger partial charge in [-0.1, -0.05) is 31.9 Å². The van der Waals surface area contributed by atoms with Crippen LogP contribution in [-0.2, 0) is 17.8 Å². The number of nitrogens with two attached hydrogens (primary N) is 1. The van der Waals surface area contributed by atoms with E-state index in [1.54, 1.807) is 7.11 Å². The number of carbonyl (C=O) groups is 1. The summed E-state index contributed by atoms with van der Waals surface area (Å²) in [5.74, 6) is 1.91. The first kappa shape index (κ1) is 29.9. The van der Waals surface area contributed by atoms with Gasteiger partial charge in [-0.3, -0.25) is 0 Å². The van der Waals surface area contributed by atoms with E-state index >= 15 is 0 Å². The van der Waals surface area contributed by atoms with Crippen molar-refractivity contribution in [1.82, 2.24) is 25.2 Å². The van der Waals surface area contributed by atoms with Crippen LogP contribution in [0.1, 0.15) is 77.3 Å². The van der Waals surface area contributed by atoms with Crippen molar-refractivity contribution >= 4 is 28.9 Å². The van der Waals surface area contributed by atoms with Crippen LogP contribution in [-0.4, -0.2) is 53.0 Å². The fourth-order valence-corrected chi connectivity index (χ4v) is 6.83. The number of carbonyl (C=O) groups excluding carboxylic acids is 1. The number of nitrogen functional groups attached to an aromatic ring is 1. The third kappa shape index (κ3) is 6.75. The molecule has 10 nitrogen and oxygen atoms in total. The average Bonchev–Trinajstić information content (AvgIpc) is 3.28. The molecule has 3 aromatic rings. The molecule has 2 bridgehead atoms. The second-order valence-electron chi connectivity index (χ2n) is 13.4. The van der Waals surface area contributed by atoms with E-state index in [-0.39, 0.29) is 17.5 Å². The summed E-state index contributed by atoms with van der Waals surface area (Å²) in [6, 6.07) is 8.42. The molecule has 3 saturated carbocycles. The number of alkyl carbamates (subject to hydrolysis) is 1. The topological polar surface area (TPSA) is 128 Å². The standard InChI is InChI=1S/C32H47N7O3/c1-6-7-8-12-35-27-26-24(37-28(33)38-27)11-13-39(26)16-23-10-9-22(14-25(23)41-5)15-34-20-31-17-32(18-31,19-31)21-36-29(40)42-30(2,3)4/h9-11,13-14,34H,6-8,12,15-21H2,1-5H3,(H,36,40)(H3,33,35,37,38). The molecule has 5 N–H and O–H groups in total. The zero-order valence-corrected chi connectivity index (χ0v) is 25.8. The fourth-order valence-electron chi connectivity index (χ4n) is 6.83. The van der Waals surface area contributed by atoms with Crippen molar-refractivity contribution in [2.24, 2.45) is 10.8 Å². The Kier molecular flexibility index (Phi) is 8.55. The van der Waals surface area contributed by atoms with Crippen molar-refractivity contribution in [3.63, 3.8) is 0 Å². The van der Waals surface area contributed by atoms with Crippen LogP contribution in [0.25, 0.3) is 11.0 Å². The molecule has 0 atom stereocenters. The number of fused-ring (bicyclic) bond motifs is 1. The lowest BCUT2D eigenvalue weighted by Crippen LogP contribution is -2.68. The highest BCUT2D eigenvalue weighted by Gasteiger charge is 2.66. The van der Waals surface area contributed by atoms with E-state index in [2.05, 4.69) is 55.6 Å². The summed E-state index contributed by atoms with van der Waals surface area (Å²) < 4.78 is 13.3. The molecule has 3 aliphatic carbocycles. The number of ether oxygens (including phenoxy) is 2. The zero-order valence-electron chi connectivity index (χ0n) is 25.8. The molecule has 2 heterocycles. The fraction of sp³-hybridized carbons (Fsp3) is 0.594. The number of benzene rings is 1. The highest BCUT2D eigenvalue weighted by Crippen LogP contribution is 2.72. The number of hydrogen-bond acceptors (Lipinski definition) is 8. The van der Waals surface area contributed by atoms with Gasteiger partial charge in [0.1, 0.15) is 16.9 Å². The third-order valence-electron chi connectivity index (χ3n) is 8.48. The maximum absolute atomic E-state index is 12.0. The van der Waals surface area contributed by atoms with E-state index in [4.69, 9.17) is 15.2 Å². The lowest BCUT2D eigenvalue weighted by atomic mass is 9.35. The number of amides is 1. The van der Waals surface area contributed by atoms with Crippen molar-refractivity contribution < 1.29 is 14.3 Å². The molecule has 0 saturated heterocycles. The van der Waals surface area contributed by atoms with Gasteiger partial charge in [-0.2, -0.15) is 4.98 Å². The predicted molar refractivity (Wildman–Crippen MR) is 167 cm³/mol. The van der Waals surface area contributed by atoms with Crippen LogP contribution < -0.4 is 26.4 Å². The Morgan fingerprint density at radius 1 is 1.10 bits per heavy atom. The van der Waals surface area contributed by atoms with E-state index in [9.17, 15) is 4.79 Å². The lowest BCUT2D eigenvalue weighted by molar-refractivity contribution is -0.196. The van der Waals surface area contributed by atoms with Crippen LogP contribution in [0.4, 0.5) is 16.6 Å². The normalized spacial score (nSPS) is 21.0. The third-order valence-corrected chi connectivity index (χ3v) is 8.48. The van der Waals surface area contributed by atoms with Gasteiger partial charge in [0, 0.05) is 37.9 Å². The second-order valence-corrected chi connectivity index (χ2v) is 13.4. The van der Waals surface area contributed by atoms with Gasteiger partial charge in [-0.25, -0.2) is 9.78 Å². The predicted octanol–water partition coefficient (Wildman–Crippen LogP) is 5.46. The number of hydrogen-bond donors (Lipinski definition) is 4. The molecule has 1 amide bonds. The summed E-state index contributed by atoms with van der Waals surface area (Å²) in [5.41, 5.74) is 10.2. The van der Waals surface area contributed by atoms with Crippen molar-refractivity contribution in [3.8, 4) is 5.75 Å². The quantitative estimate of drug-likeness (QED) is 0.186. The van der Waals surface area contributed by atoms with Gasteiger partial charge >= 0.3 is 6.09 Å². The SMILES string of the molecule is CCCCCNc1nc(N)nc2ccn(Cc3ccc(CNCC45CC(CNC(=O)OC(C)(C)C)(C4)C5)cc3OC)c12. The number of methoxy groups -OCH3 is 1. The smallest absolute Gasteiger partial charge is 0.407 e. The Bertz CT molecular complexity index is 1390. The lowest BCUT2D eigenvalue weighted by Gasteiger charge is -2.71. The Hall–Kier alpha value is -3.53. The van der Waals surface area contributed by atoms with Gasteiger partial charge in [0.2, 0.25) is 5.95 Å². The zero-order chi connectivity index (χ0) is 30.0. The second kappa shape index (κ2) is 12.0. The van der Waals surface area contributed by atoms with E-state index in [0.717, 1.165) is 73.5 Å². The Balaban J connectivity index is 1.14. The monoisotopic (exact) mass is 577 g/mol. The first-order valence-electron chi connectivity index (χ1n) is 15.2. The Morgan fingerprint density at radius 2 is 1.86 bits per heavy atom. The first-order valence-corrected chi connectivity index (χ1v) is 15.2. The molecule has 0 aliphatic heterocycles. The molecule has 42 heavy (non-hydrogen) atoms. The number of unbranched alkanes of at least 4 members (excludes halogenated alkanes) is 2. The van der Waals surface area contributed by atoms with E-state index in [0.29, 0.717) is 18.5 Å². The molecular weight excluding hydrogens is 530 g/mol. The van der Waals surface area contributed by atoms with Crippen LogP contribution in [0.3, 0.4) is 0 Å². The maximum atomic E-state index is 12.0. The van der Waals surface area contributed by atoms with Crippen LogP contribution in [0.5, 0.6) is 5.75 Å². The number of nitrogens with one attached hydrogen (secondary N) is 3. The summed E-state index contributed by atoms with van der Waals surface area (Å²) in [7, 11) is 1.72. The van der Waals surface area contributed by atoms with Crippen LogP contribution in [0.2, 0.25) is 0 Å². The van der Waals surface area contributed by atoms with Crippen molar-refractivity contribution in [1.29, 1.82) is 0 Å². The van der Waals surface area contributed by atoms with E-state index in [1.807, 2.05) is 33.0 Å². The van der Waals surface area contributed by atoms with Gasteiger partial charge in [0.05, 0.1) is 19.2 Å². The molecular formula is C32H47N7O3. The molecule has 1 aromatic carbocycles. The Labute approximate surface area is 249 Å². The van der Waals surface area contributed by atoms with Crippen LogP contribution >= 0.6 is 0 Å². The molecule has 0 spiro atoms. The van der Waals surface area contributed by atoms with Crippen LogP contribution in [0, 0.1) is 10.8 Å². The van der Waals surface area contributed by atoms with E-state index < -0.39 is 5.60 Å². The molecule has 3 aliphatic rings. The van der Waals surface area contributed by atoms with Crippen molar-refractivity contribution in [2.45, 2.75) is 84.9 Å². The first-order chi connectivity index (χ1) is 20.0. The van der Waals surface area contributed by atoms with Gasteiger partial charge in [-0.05, 0) is 75.0 Å². The minimum atomic E-state index is -0.468. The number of nitrogens with zero attached hydrogens (tertiary/aromatic N) is 3. The molecule has 10 heteroatoms. The molecule has 2 aromatic heterocycles. The maximum Gasteiger partial charge on any atom is 0.407 e. The molecule has 6 rings (SSSR count). The highest BCUT2D eigenvalue weighted by atomic mass is 16.6. The minimum absolute atomic E-state index is 0.258. The highest BCUT2D eigenvalue weighted by molar-refractivity contribution is 5.87. The summed E-state index contributed by atoms with van der Waals surface area (Å²) in [6.07, 6.45) is 8.60. The molecule has 228 valence electrons. The summed E-state index contributed by atoms with van der Waals surface area (Å²) >= 11 is 0. The molecule has 0 unspecified atom stereocenters. The summed E-state index contributed by atoms with van der Waals surface area (Å²) in [4.78, 5) is 21.0. The number of anilines is 2. The average molecular weight is 578 g/mol. The number of aromatic nitrogens is 3. The van der Waals surface area contributed by atoms with Gasteiger partial charge in [0.15, 0.2) is 5.82 Å². The van der Waals surface area contributed by atoms with E-state index in [1.165, 1.54) is 18.4 Å². The van der Waals surface area contributed by atoms with Gasteiger partial charge in [0.25, 0.3) is 0 Å². The number of rotatable bonds is 14. The Morgan fingerprint density at radius 3 is 2.57 bits per heavy atom.